The summed E-state index contributed by atoms with van der Waals surface area (Å²) in [6, 6.07) is 16.1. The van der Waals surface area contributed by atoms with Crippen LogP contribution in [-0.4, -0.2) is 30.3 Å². The van der Waals surface area contributed by atoms with Gasteiger partial charge in [0, 0.05) is 11.4 Å². The van der Waals surface area contributed by atoms with E-state index >= 15 is 0 Å². The molecule has 1 saturated heterocycles. The molecule has 1 aliphatic rings. The monoisotopic (exact) mass is 573 g/mol. The van der Waals surface area contributed by atoms with Gasteiger partial charge in [-0.15, -0.1) is 36.6 Å². The topological polar surface area (TPSA) is 12.5 Å². The number of rotatable bonds is 10. The zero-order valence-electron chi connectivity index (χ0n) is 21.2. The smallest absolute Gasteiger partial charge is 0.416 e. The largest absolute Gasteiger partial charge is 0.493 e. The van der Waals surface area contributed by atoms with Gasteiger partial charge in [0.15, 0.2) is 0 Å². The van der Waals surface area contributed by atoms with Gasteiger partial charge in [-0.1, -0.05) is 36.8 Å². The average molecular weight is 575 g/mol. The molecular formula is C29H36Cl2F3NOS. The number of thioether (sulfide) groups is 1. The van der Waals surface area contributed by atoms with Crippen molar-refractivity contribution in [3.8, 4) is 5.75 Å². The Kier molecular flexibility index (Phi) is 12.9. The number of likely N-dealkylation sites (tertiary alicyclic amines) is 1. The molecule has 0 aliphatic carbocycles. The van der Waals surface area contributed by atoms with Crippen molar-refractivity contribution in [2.24, 2.45) is 0 Å². The first-order valence-electron chi connectivity index (χ1n) is 12.6. The predicted octanol–water partition coefficient (Wildman–Crippen LogP) is 9.34. The molecule has 0 spiro atoms. The lowest BCUT2D eigenvalue weighted by atomic mass is 10.1. The van der Waals surface area contributed by atoms with Crippen LogP contribution in [0.3, 0.4) is 0 Å². The van der Waals surface area contributed by atoms with Crippen LogP contribution < -0.4 is 4.74 Å². The number of fused-ring (bicyclic) bond motifs is 1. The Morgan fingerprint density at radius 1 is 0.892 bits per heavy atom. The van der Waals surface area contributed by atoms with E-state index in [0.29, 0.717) is 12.0 Å². The summed E-state index contributed by atoms with van der Waals surface area (Å²) in [4.78, 5) is 3.57. The van der Waals surface area contributed by atoms with Crippen LogP contribution in [0.4, 0.5) is 13.2 Å². The Morgan fingerprint density at radius 3 is 2.41 bits per heavy atom. The van der Waals surface area contributed by atoms with Crippen molar-refractivity contribution in [1.29, 1.82) is 0 Å². The van der Waals surface area contributed by atoms with Crippen LogP contribution in [0.1, 0.15) is 55.2 Å². The molecule has 3 aromatic carbocycles. The molecule has 1 aliphatic heterocycles. The summed E-state index contributed by atoms with van der Waals surface area (Å²) in [5.74, 6) is 1.90. The molecule has 1 heterocycles. The molecule has 0 bridgehead atoms. The van der Waals surface area contributed by atoms with Gasteiger partial charge in [0.25, 0.3) is 0 Å². The van der Waals surface area contributed by atoms with E-state index in [0.717, 1.165) is 47.6 Å². The summed E-state index contributed by atoms with van der Waals surface area (Å²) >= 11 is 1.71. The van der Waals surface area contributed by atoms with E-state index in [9.17, 15) is 13.2 Å². The number of nitrogens with zero attached hydrogens (tertiary/aromatic N) is 1. The molecule has 2 nitrogen and oxygen atoms in total. The van der Waals surface area contributed by atoms with Crippen LogP contribution in [-0.2, 0) is 12.7 Å². The molecule has 0 unspecified atom stereocenters. The normalized spacial score (nSPS) is 14.2. The number of hydrogen-bond donors (Lipinski definition) is 0. The molecule has 0 radical (unpaired) electrons. The highest BCUT2D eigenvalue weighted by atomic mass is 35.5. The van der Waals surface area contributed by atoms with Crippen LogP contribution in [0.15, 0.2) is 59.5 Å². The second kappa shape index (κ2) is 15.1. The van der Waals surface area contributed by atoms with E-state index in [1.807, 2.05) is 12.1 Å². The number of unbranched alkanes of at least 4 members (excludes halogenated alkanes) is 2. The van der Waals surface area contributed by atoms with Crippen LogP contribution in [0.25, 0.3) is 10.8 Å². The molecule has 0 aromatic heterocycles. The van der Waals surface area contributed by atoms with Gasteiger partial charge in [-0.25, -0.2) is 0 Å². The summed E-state index contributed by atoms with van der Waals surface area (Å²) in [7, 11) is 0. The summed E-state index contributed by atoms with van der Waals surface area (Å²) in [5, 5.41) is 1.52. The Hall–Kier alpha value is -1.60. The van der Waals surface area contributed by atoms with Gasteiger partial charge in [-0.3, -0.25) is 4.90 Å². The summed E-state index contributed by atoms with van der Waals surface area (Å²) in [5.41, 5.74) is 1.95. The number of alkyl halides is 3. The lowest BCUT2D eigenvalue weighted by Crippen LogP contribution is -2.29. The van der Waals surface area contributed by atoms with Crippen molar-refractivity contribution >= 4 is 47.3 Å². The minimum absolute atomic E-state index is 0. The van der Waals surface area contributed by atoms with E-state index in [-0.39, 0.29) is 24.8 Å². The number of ether oxygens (including phenoxy) is 1. The Balaban J connectivity index is 0.00000241. The molecule has 0 atom stereocenters. The molecule has 1 fully saturated rings. The second-order valence-electron chi connectivity index (χ2n) is 9.38. The van der Waals surface area contributed by atoms with Gasteiger partial charge in [0.2, 0.25) is 0 Å². The first-order chi connectivity index (χ1) is 16.9. The quantitative estimate of drug-likeness (QED) is 0.177. The van der Waals surface area contributed by atoms with Crippen LogP contribution in [0.2, 0.25) is 0 Å². The minimum Gasteiger partial charge on any atom is -0.493 e. The van der Waals surface area contributed by atoms with Crippen molar-refractivity contribution in [2.45, 2.75) is 63.1 Å². The molecule has 0 N–H and O–H groups in total. The van der Waals surface area contributed by atoms with Gasteiger partial charge in [0.05, 0.1) is 12.2 Å². The zero-order valence-corrected chi connectivity index (χ0v) is 23.6. The lowest BCUT2D eigenvalue weighted by Gasteiger charge is -2.26. The number of aryl methyl sites for hydroxylation is 1. The number of benzene rings is 3. The van der Waals surface area contributed by atoms with E-state index in [2.05, 4.69) is 30.0 Å². The first kappa shape index (κ1) is 31.6. The molecule has 204 valence electrons. The second-order valence-corrected chi connectivity index (χ2v) is 10.5. The van der Waals surface area contributed by atoms with Gasteiger partial charge in [0.1, 0.15) is 5.75 Å². The highest BCUT2D eigenvalue weighted by Gasteiger charge is 2.30. The predicted molar refractivity (Wildman–Crippen MR) is 154 cm³/mol. The van der Waals surface area contributed by atoms with Crippen molar-refractivity contribution in [2.75, 3.05) is 25.4 Å². The third kappa shape index (κ3) is 9.27. The molecule has 3 aromatic rings. The van der Waals surface area contributed by atoms with Crippen molar-refractivity contribution in [3.05, 3.63) is 71.3 Å². The lowest BCUT2D eigenvalue weighted by molar-refractivity contribution is -0.137. The average Bonchev–Trinajstić information content (AvgIpc) is 2.84. The summed E-state index contributed by atoms with van der Waals surface area (Å²) in [6.45, 7) is 6.25. The third-order valence-corrected chi connectivity index (χ3v) is 7.73. The third-order valence-electron chi connectivity index (χ3n) is 6.57. The maximum Gasteiger partial charge on any atom is 0.416 e. The van der Waals surface area contributed by atoms with Gasteiger partial charge in [-0.05, 0) is 104 Å². The maximum atomic E-state index is 13.0. The molecule has 4 rings (SSSR count). The Bertz CT molecular complexity index is 1120. The van der Waals surface area contributed by atoms with E-state index in [1.54, 1.807) is 23.9 Å². The fourth-order valence-electron chi connectivity index (χ4n) is 4.65. The molecule has 0 saturated carbocycles. The molecule has 0 amide bonds. The van der Waals surface area contributed by atoms with E-state index in [4.69, 9.17) is 4.74 Å². The fraction of sp³-hybridized carbons (Fsp3) is 0.448. The van der Waals surface area contributed by atoms with Crippen LogP contribution >= 0.6 is 36.6 Å². The Labute approximate surface area is 235 Å². The number of hydrogen-bond acceptors (Lipinski definition) is 3. The maximum absolute atomic E-state index is 13.0. The van der Waals surface area contributed by atoms with E-state index < -0.39 is 11.7 Å². The van der Waals surface area contributed by atoms with Gasteiger partial charge < -0.3 is 4.74 Å². The number of piperidine rings is 1. The van der Waals surface area contributed by atoms with Crippen molar-refractivity contribution in [3.63, 3.8) is 0 Å². The minimum atomic E-state index is -4.31. The first-order valence-corrected chi connectivity index (χ1v) is 13.6. The van der Waals surface area contributed by atoms with Crippen LogP contribution in [0.5, 0.6) is 5.75 Å². The standard InChI is InChI=1S/C29H34F3NOS.2ClH/c1-22-19-23(21-33-15-4-2-5-16-33)11-14-27(22)34-17-6-3-7-18-35-28-10-8-9-24-20-25(29(30,31)32)12-13-26(24)28;;/h8-14,19-20H,2-7,15-18,21H2,1H3;2*1H. The molecule has 8 heteroatoms. The SMILES string of the molecule is Cc1cc(CN2CCCCC2)ccc1OCCCCCSc1cccc2cc(C(F)(F)F)ccc12.Cl.Cl. The van der Waals surface area contributed by atoms with Gasteiger partial charge in [-0.2, -0.15) is 13.2 Å². The molecular weight excluding hydrogens is 538 g/mol. The van der Waals surface area contributed by atoms with E-state index in [1.165, 1.54) is 55.6 Å². The van der Waals surface area contributed by atoms with Crippen molar-refractivity contribution in [1.82, 2.24) is 4.90 Å². The van der Waals surface area contributed by atoms with Crippen LogP contribution in [0, 0.1) is 6.92 Å². The highest BCUT2D eigenvalue weighted by molar-refractivity contribution is 7.99. The molecule has 37 heavy (non-hydrogen) atoms. The number of halogens is 5. The highest BCUT2D eigenvalue weighted by Crippen LogP contribution is 2.34. The zero-order chi connectivity index (χ0) is 24.7. The summed E-state index contributed by atoms with van der Waals surface area (Å²) < 4.78 is 45.0. The Morgan fingerprint density at radius 2 is 1.68 bits per heavy atom. The summed E-state index contributed by atoms with van der Waals surface area (Å²) in [6.07, 6.45) is 2.75. The van der Waals surface area contributed by atoms with Gasteiger partial charge >= 0.3 is 6.18 Å². The fourth-order valence-corrected chi connectivity index (χ4v) is 5.73. The van der Waals surface area contributed by atoms with Crippen molar-refractivity contribution < 1.29 is 17.9 Å².